The molecule has 2 aliphatic rings. The summed E-state index contributed by atoms with van der Waals surface area (Å²) < 4.78 is 40.1. The van der Waals surface area contributed by atoms with Gasteiger partial charge in [0.2, 0.25) is 0 Å². The van der Waals surface area contributed by atoms with Crippen LogP contribution in [0.5, 0.6) is 0 Å². The van der Waals surface area contributed by atoms with Crippen molar-refractivity contribution in [3.8, 4) is 6.07 Å². The number of anilines is 1. The lowest BCUT2D eigenvalue weighted by molar-refractivity contribution is -0.138. The molecule has 0 N–H and O–H groups in total. The van der Waals surface area contributed by atoms with Crippen molar-refractivity contribution in [2.75, 3.05) is 24.5 Å². The quantitative estimate of drug-likeness (QED) is 0.798. The normalized spacial score (nSPS) is 22.7. The van der Waals surface area contributed by atoms with Crippen LogP contribution in [0.25, 0.3) is 0 Å². The first-order valence-electron chi connectivity index (χ1n) is 9.46. The summed E-state index contributed by atoms with van der Waals surface area (Å²) in [6.45, 7) is 2.59. The topological polar surface area (TPSA) is 43.2 Å². The zero-order valence-corrected chi connectivity index (χ0v) is 15.4. The van der Waals surface area contributed by atoms with Crippen molar-refractivity contribution in [2.45, 2.75) is 31.6 Å². The standard InChI is InChI=1S/C21H21F3N4/c22-21(23,24)18-6-2-1-4-17(18)13-27-10-7-15-8-11-28(14-19(15)27)20-16(12-25)5-3-9-26-20/h1-6,9,15,19H,7-8,10-11,13-14H2. The second-order valence-electron chi connectivity index (χ2n) is 7.46. The van der Waals surface area contributed by atoms with Crippen molar-refractivity contribution in [3.05, 3.63) is 59.3 Å². The minimum atomic E-state index is -4.34. The van der Waals surface area contributed by atoms with Gasteiger partial charge in [0.05, 0.1) is 11.1 Å². The minimum Gasteiger partial charge on any atom is -0.354 e. The summed E-state index contributed by atoms with van der Waals surface area (Å²) in [5.74, 6) is 1.15. The van der Waals surface area contributed by atoms with E-state index in [0.29, 0.717) is 29.4 Å². The Morgan fingerprint density at radius 3 is 2.68 bits per heavy atom. The molecule has 146 valence electrons. The largest absolute Gasteiger partial charge is 0.416 e. The highest BCUT2D eigenvalue weighted by Gasteiger charge is 2.40. The predicted octanol–water partition coefficient (Wildman–Crippen LogP) is 4.07. The van der Waals surface area contributed by atoms with Crippen molar-refractivity contribution in [1.29, 1.82) is 5.26 Å². The van der Waals surface area contributed by atoms with Gasteiger partial charge in [0, 0.05) is 31.9 Å². The fraction of sp³-hybridized carbons (Fsp3) is 0.429. The molecule has 7 heteroatoms. The van der Waals surface area contributed by atoms with Gasteiger partial charge >= 0.3 is 6.18 Å². The summed E-state index contributed by atoms with van der Waals surface area (Å²) in [5.41, 5.74) is 0.304. The Balaban J connectivity index is 1.55. The first-order chi connectivity index (χ1) is 13.5. The lowest BCUT2D eigenvalue weighted by Crippen LogP contribution is -2.48. The number of likely N-dealkylation sites (tertiary alicyclic amines) is 1. The molecule has 1 aromatic carbocycles. The predicted molar refractivity (Wildman–Crippen MR) is 99.5 cm³/mol. The summed E-state index contributed by atoms with van der Waals surface area (Å²) in [6.07, 6.45) is -0.707. The molecule has 2 aromatic rings. The number of piperidine rings is 1. The van der Waals surface area contributed by atoms with E-state index in [1.165, 1.54) is 6.07 Å². The third kappa shape index (κ3) is 3.57. The monoisotopic (exact) mass is 386 g/mol. The number of hydrogen-bond donors (Lipinski definition) is 0. The number of fused-ring (bicyclic) bond motifs is 1. The summed E-state index contributed by atoms with van der Waals surface area (Å²) in [6, 6.07) is 11.7. The average molecular weight is 386 g/mol. The van der Waals surface area contributed by atoms with Crippen molar-refractivity contribution in [2.24, 2.45) is 5.92 Å². The fourth-order valence-corrected chi connectivity index (χ4v) is 4.51. The van der Waals surface area contributed by atoms with Crippen LogP contribution < -0.4 is 4.90 Å². The van der Waals surface area contributed by atoms with E-state index in [0.717, 1.165) is 32.0 Å². The summed E-state index contributed by atoms with van der Waals surface area (Å²) in [4.78, 5) is 8.65. The Hall–Kier alpha value is -2.59. The lowest BCUT2D eigenvalue weighted by atomic mass is 9.91. The minimum absolute atomic E-state index is 0.170. The van der Waals surface area contributed by atoms with E-state index in [1.807, 2.05) is 0 Å². The van der Waals surface area contributed by atoms with Gasteiger partial charge in [0.25, 0.3) is 0 Å². The third-order valence-electron chi connectivity index (χ3n) is 5.88. The van der Waals surface area contributed by atoms with Crippen LogP contribution in [0.4, 0.5) is 19.0 Å². The van der Waals surface area contributed by atoms with Gasteiger partial charge in [0.15, 0.2) is 0 Å². The van der Waals surface area contributed by atoms with Crippen LogP contribution in [0.1, 0.15) is 29.5 Å². The highest BCUT2D eigenvalue weighted by Crippen LogP contribution is 2.37. The number of alkyl halides is 3. The van der Waals surface area contributed by atoms with Gasteiger partial charge < -0.3 is 4.90 Å². The van der Waals surface area contributed by atoms with Gasteiger partial charge in [-0.1, -0.05) is 18.2 Å². The van der Waals surface area contributed by atoms with Crippen molar-refractivity contribution in [3.63, 3.8) is 0 Å². The Bertz CT molecular complexity index is 890. The molecule has 2 aliphatic heterocycles. The maximum Gasteiger partial charge on any atom is 0.416 e. The SMILES string of the molecule is N#Cc1cccnc1N1CCC2CCN(Cc3ccccc3C(F)(F)F)C2C1. The van der Waals surface area contributed by atoms with Crippen LogP contribution >= 0.6 is 0 Å². The highest BCUT2D eigenvalue weighted by molar-refractivity contribution is 5.54. The number of hydrogen-bond acceptors (Lipinski definition) is 4. The van der Waals surface area contributed by atoms with E-state index in [-0.39, 0.29) is 12.6 Å². The first kappa shape index (κ1) is 18.8. The molecule has 0 radical (unpaired) electrons. The molecular weight excluding hydrogens is 365 g/mol. The maximum absolute atomic E-state index is 13.4. The van der Waals surface area contributed by atoms with Gasteiger partial charge in [-0.15, -0.1) is 0 Å². The average Bonchev–Trinajstić information content (AvgIpc) is 3.09. The fourth-order valence-electron chi connectivity index (χ4n) is 4.51. The number of aromatic nitrogens is 1. The molecule has 0 aliphatic carbocycles. The van der Waals surface area contributed by atoms with Crippen LogP contribution in [0.3, 0.4) is 0 Å². The van der Waals surface area contributed by atoms with Gasteiger partial charge in [0.1, 0.15) is 11.9 Å². The number of halogens is 3. The van der Waals surface area contributed by atoms with Crippen molar-refractivity contribution >= 4 is 5.82 Å². The number of rotatable bonds is 3. The van der Waals surface area contributed by atoms with E-state index in [4.69, 9.17) is 0 Å². The van der Waals surface area contributed by atoms with E-state index in [1.54, 1.807) is 30.5 Å². The molecule has 0 saturated carbocycles. The molecule has 0 amide bonds. The Labute approximate surface area is 162 Å². The smallest absolute Gasteiger partial charge is 0.354 e. The van der Waals surface area contributed by atoms with Gasteiger partial charge in [-0.05, 0) is 49.1 Å². The maximum atomic E-state index is 13.4. The first-order valence-corrected chi connectivity index (χ1v) is 9.46. The van der Waals surface area contributed by atoms with Crippen LogP contribution in [0, 0.1) is 17.2 Å². The van der Waals surface area contributed by atoms with Gasteiger partial charge in [-0.3, -0.25) is 4.90 Å². The lowest BCUT2D eigenvalue weighted by Gasteiger charge is -2.39. The zero-order valence-electron chi connectivity index (χ0n) is 15.4. The van der Waals surface area contributed by atoms with Crippen LogP contribution in [0.15, 0.2) is 42.6 Å². The van der Waals surface area contributed by atoms with Crippen LogP contribution in [-0.4, -0.2) is 35.6 Å². The second-order valence-corrected chi connectivity index (χ2v) is 7.46. The molecule has 4 nitrogen and oxygen atoms in total. The molecule has 2 fully saturated rings. The third-order valence-corrected chi connectivity index (χ3v) is 5.88. The van der Waals surface area contributed by atoms with E-state index in [2.05, 4.69) is 20.9 Å². The highest BCUT2D eigenvalue weighted by atomic mass is 19.4. The van der Waals surface area contributed by atoms with Gasteiger partial charge in [-0.2, -0.15) is 18.4 Å². The molecule has 2 atom stereocenters. The van der Waals surface area contributed by atoms with Gasteiger partial charge in [-0.25, -0.2) is 4.98 Å². The van der Waals surface area contributed by atoms with Crippen molar-refractivity contribution in [1.82, 2.24) is 9.88 Å². The zero-order chi connectivity index (χ0) is 19.7. The molecule has 0 bridgehead atoms. The summed E-state index contributed by atoms with van der Waals surface area (Å²) in [5, 5.41) is 9.36. The molecular formula is C21H21F3N4. The summed E-state index contributed by atoms with van der Waals surface area (Å²) >= 11 is 0. The molecule has 0 spiro atoms. The second kappa shape index (κ2) is 7.44. The number of pyridine rings is 1. The summed E-state index contributed by atoms with van der Waals surface area (Å²) in [7, 11) is 0. The van der Waals surface area contributed by atoms with E-state index < -0.39 is 11.7 Å². The molecule has 1 aromatic heterocycles. The molecule has 4 rings (SSSR count). The van der Waals surface area contributed by atoms with E-state index in [9.17, 15) is 18.4 Å². The molecule has 28 heavy (non-hydrogen) atoms. The van der Waals surface area contributed by atoms with Crippen LogP contribution in [0.2, 0.25) is 0 Å². The molecule has 3 heterocycles. The molecule has 2 unspecified atom stereocenters. The van der Waals surface area contributed by atoms with Crippen LogP contribution in [-0.2, 0) is 12.7 Å². The molecule has 2 saturated heterocycles. The number of nitriles is 1. The Morgan fingerprint density at radius 1 is 1.11 bits per heavy atom. The number of benzene rings is 1. The number of nitrogens with zero attached hydrogens (tertiary/aromatic N) is 4. The van der Waals surface area contributed by atoms with Crippen molar-refractivity contribution < 1.29 is 13.2 Å². The Kier molecular flexibility index (Phi) is 4.98. The van der Waals surface area contributed by atoms with E-state index >= 15 is 0 Å². The Morgan fingerprint density at radius 2 is 1.89 bits per heavy atom.